The van der Waals surface area contributed by atoms with Crippen molar-refractivity contribution >= 4 is 22.4 Å². The maximum Gasteiger partial charge on any atom is 0.288 e. The Morgan fingerprint density at radius 1 is 1.11 bits per heavy atom. The lowest BCUT2D eigenvalue weighted by atomic mass is 10.2. The summed E-state index contributed by atoms with van der Waals surface area (Å²) < 4.78 is 41.9. The number of rotatable bonds is 5. The normalized spacial score (nSPS) is 26.7. The number of ether oxygens (including phenoxy) is 1. The zero-order chi connectivity index (χ0) is 19.8. The van der Waals surface area contributed by atoms with Crippen LogP contribution in [0.4, 0.5) is 0 Å². The fraction of sp³-hybridized carbons (Fsp3) is 0.875. The molecule has 11 heteroatoms. The van der Waals surface area contributed by atoms with Crippen molar-refractivity contribution in [3.63, 3.8) is 0 Å². The first-order chi connectivity index (χ1) is 12.7. The molecule has 27 heavy (non-hydrogen) atoms. The molecule has 154 valence electrons. The number of hydrogen-bond donors (Lipinski definition) is 0. The molecular formula is C16H29N5O4S2. The number of aromatic nitrogens is 2. The van der Waals surface area contributed by atoms with Gasteiger partial charge in [0.25, 0.3) is 15.0 Å². The van der Waals surface area contributed by atoms with Crippen LogP contribution in [0.15, 0.2) is 4.42 Å². The van der Waals surface area contributed by atoms with E-state index in [1.807, 2.05) is 27.7 Å². The molecule has 0 aliphatic carbocycles. The monoisotopic (exact) mass is 419 g/mol. The van der Waals surface area contributed by atoms with E-state index in [0.717, 1.165) is 0 Å². The Hall–Kier alpha value is -0.850. The van der Waals surface area contributed by atoms with Gasteiger partial charge in [-0.2, -0.15) is 17.0 Å². The van der Waals surface area contributed by atoms with E-state index >= 15 is 0 Å². The number of hydrogen-bond acceptors (Lipinski definition) is 7. The summed E-state index contributed by atoms with van der Waals surface area (Å²) in [5.41, 5.74) is 0. The first-order valence-corrected chi connectivity index (χ1v) is 11.2. The summed E-state index contributed by atoms with van der Waals surface area (Å²) in [5, 5.41) is 4.41. The summed E-state index contributed by atoms with van der Waals surface area (Å²) in [6, 6.07) is 0. The molecule has 0 spiro atoms. The van der Waals surface area contributed by atoms with E-state index < -0.39 is 10.2 Å². The van der Waals surface area contributed by atoms with E-state index in [0.29, 0.717) is 56.7 Å². The van der Waals surface area contributed by atoms with Crippen molar-refractivity contribution in [1.29, 1.82) is 0 Å². The van der Waals surface area contributed by atoms with Crippen LogP contribution in [0.5, 0.6) is 0 Å². The number of nitrogens with zero attached hydrogens (tertiary/aromatic N) is 5. The van der Waals surface area contributed by atoms with E-state index in [9.17, 15) is 8.42 Å². The van der Waals surface area contributed by atoms with E-state index in [1.54, 1.807) is 13.3 Å². The molecule has 3 rings (SSSR count). The van der Waals surface area contributed by atoms with Crippen LogP contribution < -0.4 is 0 Å². The average Bonchev–Trinajstić information content (AvgIpc) is 2.95. The zero-order valence-electron chi connectivity index (χ0n) is 16.4. The van der Waals surface area contributed by atoms with Crippen molar-refractivity contribution < 1.29 is 17.6 Å². The highest BCUT2D eigenvalue weighted by Gasteiger charge is 2.36. The molecular weight excluding hydrogens is 390 g/mol. The van der Waals surface area contributed by atoms with Gasteiger partial charge in [0.05, 0.1) is 18.9 Å². The van der Waals surface area contributed by atoms with E-state index in [4.69, 9.17) is 21.4 Å². The van der Waals surface area contributed by atoms with Gasteiger partial charge >= 0.3 is 0 Å². The third kappa shape index (κ3) is 4.77. The fourth-order valence-electron chi connectivity index (χ4n) is 3.42. The lowest BCUT2D eigenvalue weighted by molar-refractivity contribution is -0.0458. The van der Waals surface area contributed by atoms with Gasteiger partial charge in [0.15, 0.2) is 0 Å². The van der Waals surface area contributed by atoms with E-state index in [1.165, 1.54) is 0 Å². The lowest BCUT2D eigenvalue weighted by Gasteiger charge is -2.40. The smallest absolute Gasteiger partial charge is 0.288 e. The largest absolute Gasteiger partial charge is 0.414 e. The summed E-state index contributed by atoms with van der Waals surface area (Å²) >= 11 is 5.23. The first-order valence-electron chi connectivity index (χ1n) is 9.37. The molecule has 0 amide bonds. The highest BCUT2D eigenvalue weighted by molar-refractivity contribution is 7.86. The third-order valence-corrected chi connectivity index (χ3v) is 7.08. The van der Waals surface area contributed by atoms with Gasteiger partial charge in [0.2, 0.25) is 5.89 Å². The molecule has 0 saturated carbocycles. The van der Waals surface area contributed by atoms with Gasteiger partial charge in [0.1, 0.15) is 0 Å². The lowest BCUT2D eigenvalue weighted by Crippen LogP contribution is -2.57. The van der Waals surface area contributed by atoms with Crippen molar-refractivity contribution in [2.24, 2.45) is 0 Å². The topological polar surface area (TPSA) is 84.1 Å². The molecule has 2 atom stereocenters. The molecule has 0 N–H and O–H groups in total. The standard InChI is InChI=1S/C16H29N5O4S2/c1-12(2)15-17-21(16(26)25-15)11-18-5-7-19(8-6-18)27(22,23)20-9-13(3)24-14(4)10-20/h12-14H,5-11H2,1-4H3. The number of piperazine rings is 1. The highest BCUT2D eigenvalue weighted by atomic mass is 32.2. The predicted molar refractivity (Wildman–Crippen MR) is 103 cm³/mol. The molecule has 1 aromatic heterocycles. The Labute approximate surface area is 166 Å². The van der Waals surface area contributed by atoms with Gasteiger partial charge in [0, 0.05) is 45.2 Å². The maximum absolute atomic E-state index is 13.0. The van der Waals surface area contributed by atoms with Gasteiger partial charge in [-0.1, -0.05) is 13.8 Å². The molecule has 9 nitrogen and oxygen atoms in total. The first kappa shape index (κ1) is 20.9. The Bertz CT molecular complexity index is 788. The molecule has 1 aromatic rings. The maximum atomic E-state index is 13.0. The molecule has 2 saturated heterocycles. The van der Waals surface area contributed by atoms with Gasteiger partial charge in [-0.05, 0) is 26.1 Å². The molecule has 0 aromatic carbocycles. The SMILES string of the molecule is CC1CN(S(=O)(=O)N2CCN(Cn3nc(C(C)C)oc3=S)CC2)CC(C)O1. The minimum Gasteiger partial charge on any atom is -0.414 e. The van der Waals surface area contributed by atoms with Gasteiger partial charge in [-0.25, -0.2) is 4.68 Å². The molecule has 2 aliphatic rings. The average molecular weight is 420 g/mol. The summed E-state index contributed by atoms with van der Waals surface area (Å²) in [5.74, 6) is 0.796. The fourth-order valence-corrected chi connectivity index (χ4v) is 5.35. The minimum atomic E-state index is -3.46. The van der Waals surface area contributed by atoms with Crippen LogP contribution in [0, 0.1) is 4.84 Å². The second-order valence-electron chi connectivity index (χ2n) is 7.60. The summed E-state index contributed by atoms with van der Waals surface area (Å²) in [6.45, 7) is 11.3. The van der Waals surface area contributed by atoms with Crippen LogP contribution in [0.2, 0.25) is 0 Å². The second-order valence-corrected chi connectivity index (χ2v) is 9.88. The minimum absolute atomic E-state index is 0.0889. The predicted octanol–water partition coefficient (Wildman–Crippen LogP) is 1.26. The molecule has 2 aliphatic heterocycles. The highest BCUT2D eigenvalue weighted by Crippen LogP contribution is 2.19. The molecule has 2 fully saturated rings. The van der Waals surface area contributed by atoms with Crippen LogP contribution >= 0.6 is 12.2 Å². The van der Waals surface area contributed by atoms with Crippen molar-refractivity contribution in [2.75, 3.05) is 39.3 Å². The van der Waals surface area contributed by atoms with Crippen molar-refractivity contribution in [3.05, 3.63) is 10.7 Å². The third-order valence-electron chi connectivity index (χ3n) is 4.82. The Balaban J connectivity index is 1.59. The van der Waals surface area contributed by atoms with Crippen LogP contribution in [0.3, 0.4) is 0 Å². The van der Waals surface area contributed by atoms with Crippen LogP contribution in [-0.4, -0.2) is 83.2 Å². The van der Waals surface area contributed by atoms with Crippen LogP contribution in [0.1, 0.15) is 39.5 Å². The van der Waals surface area contributed by atoms with Gasteiger partial charge in [-0.3, -0.25) is 4.90 Å². The number of morpholine rings is 1. The summed E-state index contributed by atoms with van der Waals surface area (Å²) in [6.07, 6.45) is -0.178. The molecule has 3 heterocycles. The quantitative estimate of drug-likeness (QED) is 0.664. The van der Waals surface area contributed by atoms with Crippen LogP contribution in [-0.2, 0) is 21.6 Å². The molecule has 0 radical (unpaired) electrons. The van der Waals surface area contributed by atoms with E-state index in [-0.39, 0.29) is 18.1 Å². The molecule has 0 bridgehead atoms. The Morgan fingerprint density at radius 3 is 2.22 bits per heavy atom. The van der Waals surface area contributed by atoms with Crippen molar-refractivity contribution in [2.45, 2.75) is 52.5 Å². The van der Waals surface area contributed by atoms with Crippen LogP contribution in [0.25, 0.3) is 0 Å². The van der Waals surface area contributed by atoms with Crippen molar-refractivity contribution in [1.82, 2.24) is 23.3 Å². The van der Waals surface area contributed by atoms with E-state index in [2.05, 4.69) is 10.00 Å². The van der Waals surface area contributed by atoms with Gasteiger partial charge in [-0.15, -0.1) is 5.10 Å². The summed E-state index contributed by atoms with van der Waals surface area (Å²) in [7, 11) is -3.46. The Kier molecular flexibility index (Phi) is 6.38. The molecule has 2 unspecified atom stereocenters. The van der Waals surface area contributed by atoms with Crippen molar-refractivity contribution in [3.8, 4) is 0 Å². The Morgan fingerprint density at radius 2 is 1.70 bits per heavy atom. The zero-order valence-corrected chi connectivity index (χ0v) is 18.0. The second kappa shape index (κ2) is 8.26. The summed E-state index contributed by atoms with van der Waals surface area (Å²) in [4.78, 5) is 2.49. The van der Waals surface area contributed by atoms with Gasteiger partial charge < -0.3 is 9.15 Å².